The maximum atomic E-state index is 12.8. The number of nitriles is 1. The molecule has 2 aliphatic rings. The topological polar surface area (TPSA) is 194 Å². The van der Waals surface area contributed by atoms with Gasteiger partial charge in [0.2, 0.25) is 0 Å². The fourth-order valence-electron chi connectivity index (χ4n) is 3.91. The summed E-state index contributed by atoms with van der Waals surface area (Å²) in [5.74, 6) is -2.55. The van der Waals surface area contributed by atoms with Crippen LogP contribution in [0.3, 0.4) is 0 Å². The first-order valence-corrected chi connectivity index (χ1v) is 12.4. The van der Waals surface area contributed by atoms with E-state index in [2.05, 4.69) is 20.7 Å². The van der Waals surface area contributed by atoms with E-state index in [9.17, 15) is 24.3 Å². The molecular weight excluding hydrogens is 516 g/mol. The molecular formula is C23H23N8O6S+. The molecule has 196 valence electrons. The summed E-state index contributed by atoms with van der Waals surface area (Å²) in [7, 11) is 0. The lowest BCUT2D eigenvalue weighted by molar-refractivity contribution is -0.689. The molecule has 1 saturated heterocycles. The lowest BCUT2D eigenvalue weighted by atomic mass is 10.0. The smallest absolute Gasteiger partial charge is 0.352 e. The Morgan fingerprint density at radius 3 is 2.79 bits per heavy atom. The van der Waals surface area contributed by atoms with Gasteiger partial charge < -0.3 is 15.3 Å². The number of pyridine rings is 1. The highest BCUT2D eigenvalue weighted by Crippen LogP contribution is 2.40. The van der Waals surface area contributed by atoms with Crippen LogP contribution in [0.25, 0.3) is 11.3 Å². The van der Waals surface area contributed by atoms with E-state index in [4.69, 9.17) is 10.1 Å². The molecule has 0 aromatic carbocycles. The number of aromatic nitrogens is 3. The van der Waals surface area contributed by atoms with Crippen molar-refractivity contribution in [3.8, 4) is 17.5 Å². The molecule has 38 heavy (non-hydrogen) atoms. The number of nitrogens with zero attached hydrogens (tertiary/aromatic N) is 5. The van der Waals surface area contributed by atoms with Gasteiger partial charge >= 0.3 is 5.97 Å². The second-order valence-electron chi connectivity index (χ2n) is 8.20. The Kier molecular flexibility index (Phi) is 7.72. The van der Waals surface area contributed by atoms with Crippen molar-refractivity contribution in [1.82, 2.24) is 25.7 Å². The molecule has 1 fully saturated rings. The number of carboxylic acids is 1. The normalized spacial score (nSPS) is 18.7. The Morgan fingerprint density at radius 1 is 1.39 bits per heavy atom. The summed E-state index contributed by atoms with van der Waals surface area (Å²) < 4.78 is 1.76. The zero-order valence-electron chi connectivity index (χ0n) is 20.3. The van der Waals surface area contributed by atoms with Crippen LogP contribution in [-0.2, 0) is 25.8 Å². The van der Waals surface area contributed by atoms with Gasteiger partial charge in [0.15, 0.2) is 25.1 Å². The minimum absolute atomic E-state index is 0.0601. The lowest BCUT2D eigenvalue weighted by Gasteiger charge is -2.49. The van der Waals surface area contributed by atoms with Crippen molar-refractivity contribution < 1.29 is 33.7 Å². The molecule has 2 aliphatic heterocycles. The monoisotopic (exact) mass is 539 g/mol. The number of hydrogen-bond acceptors (Lipinski definition) is 9. The second-order valence-corrected chi connectivity index (χ2v) is 9.31. The summed E-state index contributed by atoms with van der Waals surface area (Å²) in [6.45, 7) is 3.69. The minimum Gasteiger partial charge on any atom is -0.477 e. The number of fused-ring (bicyclic) bond motifs is 1. The molecule has 2 unspecified atom stereocenters. The Balaban J connectivity index is 1.47. The Morgan fingerprint density at radius 2 is 2.13 bits per heavy atom. The molecule has 3 amide bonds. The van der Waals surface area contributed by atoms with Gasteiger partial charge in [-0.25, -0.2) is 9.36 Å². The number of amides is 3. The van der Waals surface area contributed by atoms with Gasteiger partial charge in [-0.1, -0.05) is 5.16 Å². The molecule has 0 spiro atoms. The minimum atomic E-state index is -1.23. The van der Waals surface area contributed by atoms with Gasteiger partial charge in [0.05, 0.1) is 5.69 Å². The molecule has 2 aromatic rings. The molecule has 2 aromatic heterocycles. The van der Waals surface area contributed by atoms with Crippen LogP contribution in [0.5, 0.6) is 0 Å². The third-order valence-corrected chi connectivity index (χ3v) is 7.09. The molecule has 0 aliphatic carbocycles. The van der Waals surface area contributed by atoms with Crippen molar-refractivity contribution >= 4 is 41.2 Å². The van der Waals surface area contributed by atoms with E-state index in [0.717, 1.165) is 0 Å². The van der Waals surface area contributed by atoms with Gasteiger partial charge in [0.1, 0.15) is 35.1 Å². The number of aromatic amines is 1. The quantitative estimate of drug-likeness (QED) is 0.0828. The molecule has 15 heteroatoms. The lowest BCUT2D eigenvalue weighted by Crippen LogP contribution is -2.71. The zero-order valence-corrected chi connectivity index (χ0v) is 21.1. The van der Waals surface area contributed by atoms with Crippen LogP contribution < -0.4 is 15.2 Å². The first-order valence-electron chi connectivity index (χ1n) is 11.4. The average molecular weight is 540 g/mol. The van der Waals surface area contributed by atoms with Crippen LogP contribution in [0.15, 0.2) is 47.0 Å². The predicted octanol–water partition coefficient (Wildman–Crippen LogP) is -0.274. The van der Waals surface area contributed by atoms with Crippen LogP contribution >= 0.6 is 11.8 Å². The fourth-order valence-corrected chi connectivity index (χ4v) is 5.25. The highest BCUT2D eigenvalue weighted by Gasteiger charge is 2.54. The van der Waals surface area contributed by atoms with Crippen molar-refractivity contribution in [2.24, 2.45) is 5.16 Å². The van der Waals surface area contributed by atoms with Crippen LogP contribution in [0.2, 0.25) is 0 Å². The van der Waals surface area contributed by atoms with Crippen LogP contribution in [0.4, 0.5) is 0 Å². The number of nitrogens with one attached hydrogen (secondary N) is 3. The highest BCUT2D eigenvalue weighted by atomic mass is 32.2. The Bertz CT molecular complexity index is 1390. The van der Waals surface area contributed by atoms with Crippen molar-refractivity contribution in [3.05, 3.63) is 47.6 Å². The van der Waals surface area contributed by atoms with Crippen molar-refractivity contribution in [3.63, 3.8) is 0 Å². The van der Waals surface area contributed by atoms with Gasteiger partial charge in [0, 0.05) is 29.0 Å². The number of oxime groups is 1. The third kappa shape index (κ3) is 5.20. The summed E-state index contributed by atoms with van der Waals surface area (Å²) in [4.78, 5) is 55.1. The summed E-state index contributed by atoms with van der Waals surface area (Å²) in [5, 5.41) is 32.8. The number of carboxylic acid groups (broad SMARTS) is 1. The van der Waals surface area contributed by atoms with E-state index >= 15 is 0 Å². The van der Waals surface area contributed by atoms with Gasteiger partial charge in [-0.2, -0.15) is 10.4 Å². The summed E-state index contributed by atoms with van der Waals surface area (Å²) >= 11 is 1.36. The number of hydrogen-bond donors (Lipinski definition) is 4. The predicted molar refractivity (Wildman–Crippen MR) is 132 cm³/mol. The van der Waals surface area contributed by atoms with E-state index in [1.165, 1.54) is 29.7 Å². The second kappa shape index (κ2) is 11.1. The SMILES string of the molecule is CCO/N=C(\C)C(=O)NC1C(=O)N2C(C(=O)O)=C(C[n+]3ccc(-c4cc(C(=O)NC#N)[nH]n4)cc3)CSC12. The number of rotatable bonds is 9. The molecule has 0 radical (unpaired) electrons. The van der Waals surface area contributed by atoms with Gasteiger partial charge in [-0.05, 0) is 19.9 Å². The number of thioether (sulfide) groups is 1. The first kappa shape index (κ1) is 26.4. The van der Waals surface area contributed by atoms with Crippen LogP contribution in [-0.4, -0.2) is 73.4 Å². The maximum absolute atomic E-state index is 12.8. The van der Waals surface area contributed by atoms with Crippen molar-refractivity contribution in [1.29, 1.82) is 5.26 Å². The first-order chi connectivity index (χ1) is 18.2. The maximum Gasteiger partial charge on any atom is 0.352 e. The zero-order chi connectivity index (χ0) is 27.4. The van der Waals surface area contributed by atoms with E-state index in [1.807, 2.05) is 5.32 Å². The third-order valence-electron chi connectivity index (χ3n) is 5.75. The number of carbonyl (C=O) groups is 4. The standard InChI is InChI=1S/C23H22N8O6S/c1-3-37-29-12(2)19(32)26-17-21(34)31-18(23(35)36)14(10-38-22(17)31)9-30-6-4-13(5-7-30)15-8-16(28-27-15)20(33)25-11-24/h4-8,17,22H,3,9-10H2,1-2H3,(H3,25,26,32,33,35,36)/p+1/b29-12+. The molecule has 4 rings (SSSR count). The van der Waals surface area contributed by atoms with Gasteiger partial charge in [-0.3, -0.25) is 29.7 Å². The molecule has 0 saturated carbocycles. The largest absolute Gasteiger partial charge is 0.477 e. The Labute approximate surface area is 220 Å². The average Bonchev–Trinajstić information content (AvgIpc) is 3.41. The molecule has 0 bridgehead atoms. The van der Waals surface area contributed by atoms with E-state index in [0.29, 0.717) is 29.2 Å². The summed E-state index contributed by atoms with van der Waals surface area (Å²) in [6, 6.07) is 4.13. The molecule has 4 heterocycles. The number of carbonyl (C=O) groups excluding carboxylic acids is 3. The number of β-lactam (4-membered cyclic amide) rings is 1. The highest BCUT2D eigenvalue weighted by molar-refractivity contribution is 8.00. The van der Waals surface area contributed by atoms with Gasteiger partial charge in [0.25, 0.3) is 17.7 Å². The van der Waals surface area contributed by atoms with Crippen molar-refractivity contribution in [2.75, 3.05) is 12.4 Å². The van der Waals surface area contributed by atoms with Crippen molar-refractivity contribution in [2.45, 2.75) is 31.8 Å². The fraction of sp³-hybridized carbons (Fsp3) is 0.304. The van der Waals surface area contributed by atoms with Crippen LogP contribution in [0, 0.1) is 11.5 Å². The molecule has 4 N–H and O–H groups in total. The van der Waals surface area contributed by atoms with Gasteiger partial charge in [-0.15, -0.1) is 11.8 Å². The van der Waals surface area contributed by atoms with Crippen LogP contribution in [0.1, 0.15) is 24.3 Å². The summed E-state index contributed by atoms with van der Waals surface area (Å²) in [6.07, 6.45) is 5.01. The summed E-state index contributed by atoms with van der Waals surface area (Å²) in [5.41, 5.74) is 1.82. The van der Waals surface area contributed by atoms with E-state index in [-0.39, 0.29) is 23.6 Å². The molecule has 14 nitrogen and oxygen atoms in total. The van der Waals surface area contributed by atoms with E-state index in [1.54, 1.807) is 42.2 Å². The molecule has 2 atom stereocenters. The number of aliphatic carboxylic acids is 1. The number of H-pyrrole nitrogens is 1. The Hall–Kier alpha value is -4.71. The van der Waals surface area contributed by atoms with E-state index < -0.39 is 35.1 Å².